The highest BCUT2D eigenvalue weighted by Gasteiger charge is 2.34. The highest BCUT2D eigenvalue weighted by atomic mass is 16.6. The van der Waals surface area contributed by atoms with Gasteiger partial charge >= 0.3 is 47.9 Å². The van der Waals surface area contributed by atoms with E-state index < -0.39 is 117 Å². The van der Waals surface area contributed by atoms with Crippen LogP contribution < -0.4 is 36.4 Å². The number of rotatable bonds is 27. The zero-order chi connectivity index (χ0) is 63.4. The van der Waals surface area contributed by atoms with Gasteiger partial charge in [-0.15, -0.1) is 0 Å². The number of quaternary nitrogens is 1. The molecule has 0 saturated carbocycles. The van der Waals surface area contributed by atoms with Crippen molar-refractivity contribution in [3.8, 4) is 0 Å². The van der Waals surface area contributed by atoms with Crippen molar-refractivity contribution in [2.45, 2.75) is 247 Å². The third-order valence-corrected chi connectivity index (χ3v) is 10.5. The summed E-state index contributed by atoms with van der Waals surface area (Å²) in [6.07, 6.45) is 2.16. The maximum Gasteiger partial charge on any atom is 0.329 e. The molecule has 0 aliphatic carbocycles. The van der Waals surface area contributed by atoms with Crippen molar-refractivity contribution in [2.75, 3.05) is 34.2 Å². The first-order chi connectivity index (χ1) is 37.1. The second kappa shape index (κ2) is 31.2. The van der Waals surface area contributed by atoms with Gasteiger partial charge < -0.3 is 60.3 Å². The van der Waals surface area contributed by atoms with E-state index >= 15 is 0 Å². The molecule has 1 rings (SSSR count). The zero-order valence-corrected chi connectivity index (χ0v) is 52.9. The van der Waals surface area contributed by atoms with Gasteiger partial charge in [0.05, 0.1) is 26.7 Å². The van der Waals surface area contributed by atoms with Crippen molar-refractivity contribution < 1.29 is 76.4 Å². The lowest BCUT2D eigenvalue weighted by molar-refractivity contribution is -0.160. The van der Waals surface area contributed by atoms with E-state index in [1.54, 1.807) is 125 Å². The number of urea groups is 2. The van der Waals surface area contributed by atoms with Crippen LogP contribution in [0.1, 0.15) is 210 Å². The summed E-state index contributed by atoms with van der Waals surface area (Å²) in [6.45, 7) is 30.5. The summed E-state index contributed by atoms with van der Waals surface area (Å²) in [5.41, 5.74) is -4.93. The number of aromatic nitrogens is 1. The number of esters is 6. The minimum absolute atomic E-state index is 0.0804. The third kappa shape index (κ3) is 32.8. The number of ether oxygens (including phenoxy) is 6. The molecule has 6 N–H and O–H groups in total. The highest BCUT2D eigenvalue weighted by molar-refractivity contribution is 6.02. The lowest BCUT2D eigenvalue weighted by Gasteiger charge is -2.27. The quantitative estimate of drug-likeness (QED) is 0.0229. The maximum absolute atomic E-state index is 13.8. The van der Waals surface area contributed by atoms with Crippen molar-refractivity contribution in [1.29, 1.82) is 0 Å². The Morgan fingerprint density at radius 2 is 0.720 bits per heavy atom. The van der Waals surface area contributed by atoms with Crippen LogP contribution in [0.25, 0.3) is 0 Å². The fourth-order valence-electron chi connectivity index (χ4n) is 7.34. The molecule has 0 bridgehead atoms. The lowest BCUT2D eigenvalue weighted by Crippen LogP contribution is -2.53. The van der Waals surface area contributed by atoms with Gasteiger partial charge in [0.1, 0.15) is 63.3 Å². The van der Waals surface area contributed by atoms with E-state index in [2.05, 4.69) is 36.9 Å². The fraction of sp³-hybridized carbons (Fsp3) is 0.741. The smallest absolute Gasteiger partial charge is 0.329 e. The van der Waals surface area contributed by atoms with E-state index in [0.29, 0.717) is 31.5 Å². The van der Waals surface area contributed by atoms with Gasteiger partial charge in [-0.1, -0.05) is 0 Å². The second-order valence-corrected chi connectivity index (χ2v) is 26.9. The molecule has 0 aliphatic heterocycles. The Balaban J connectivity index is 3.13. The van der Waals surface area contributed by atoms with E-state index in [1.807, 2.05) is 21.1 Å². The van der Waals surface area contributed by atoms with E-state index in [-0.39, 0.29) is 67.2 Å². The third-order valence-electron chi connectivity index (χ3n) is 10.5. The lowest BCUT2D eigenvalue weighted by atomic mass is 10.1. The van der Waals surface area contributed by atoms with Gasteiger partial charge in [-0.05, 0) is 182 Å². The number of hydrogen-bond donors (Lipinski definition) is 6. The standard InChI is InChI=1S/C58H98N8O16/c1-53(2,3)77-42(67)30-28-40(49(73)81-57(13,14)15)64-51(75)62-38(47(71)79-55(7,8)9)26-22-24-32-59-45(69)36-34-37(44(61-35-36)66(19,20)21)46(70)60-33-25-23-27-39(48(72)80-56(10,11)12)63-52(76)65-41(50(74)82-58(16,17)18)29-31-43(68)78-54(4,5)6/h34-35,38-41H,22-33H2,1-21H3,(H5-,59,60,62,63,64,65,69,70,75,76)/p+1/t38-,39-,40-,41-/m0/s1. The number of nitrogens with one attached hydrogen (secondary N) is 6. The number of carbonyl (C=O) groups is 10. The monoisotopic (exact) mass is 1160 g/mol. The molecule has 82 heavy (non-hydrogen) atoms. The molecule has 0 saturated heterocycles. The largest absolute Gasteiger partial charge is 0.460 e. The molecule has 24 heteroatoms. The van der Waals surface area contributed by atoms with Crippen molar-refractivity contribution in [3.05, 3.63) is 23.4 Å². The molecule has 0 aliphatic rings. The number of pyridine rings is 1. The van der Waals surface area contributed by atoms with Crippen LogP contribution in [0.5, 0.6) is 0 Å². The van der Waals surface area contributed by atoms with Crippen LogP contribution in [0, 0.1) is 0 Å². The average molecular weight is 1160 g/mol. The predicted octanol–water partition coefficient (Wildman–Crippen LogP) is 6.76. The van der Waals surface area contributed by atoms with Crippen LogP contribution in [-0.4, -0.2) is 157 Å². The van der Waals surface area contributed by atoms with Crippen LogP contribution in [0.4, 0.5) is 15.4 Å². The summed E-state index contributed by atoms with van der Waals surface area (Å²) in [4.78, 5) is 137. The summed E-state index contributed by atoms with van der Waals surface area (Å²) in [5, 5.41) is 16.0. The van der Waals surface area contributed by atoms with Crippen LogP contribution in [0.3, 0.4) is 0 Å². The molecule has 24 nitrogen and oxygen atoms in total. The summed E-state index contributed by atoms with van der Waals surface area (Å²) < 4.78 is 33.1. The zero-order valence-electron chi connectivity index (χ0n) is 52.9. The number of nitrogens with zero attached hydrogens (tertiary/aromatic N) is 2. The first-order valence-corrected chi connectivity index (χ1v) is 28.0. The molecular formula is C58H99N8O16+. The van der Waals surface area contributed by atoms with E-state index in [4.69, 9.17) is 28.4 Å². The second-order valence-electron chi connectivity index (χ2n) is 26.9. The molecule has 0 radical (unpaired) electrons. The van der Waals surface area contributed by atoms with Gasteiger partial charge in [-0.2, -0.15) is 0 Å². The fourth-order valence-corrected chi connectivity index (χ4v) is 7.34. The Morgan fingerprint density at radius 3 is 1.01 bits per heavy atom. The van der Waals surface area contributed by atoms with Gasteiger partial charge in [0.2, 0.25) is 5.82 Å². The van der Waals surface area contributed by atoms with E-state index in [9.17, 15) is 47.9 Å². The molecule has 0 unspecified atom stereocenters. The summed E-state index contributed by atoms with van der Waals surface area (Å²) in [5.74, 6) is -4.86. The minimum atomic E-state index is -1.26. The molecule has 0 aromatic carbocycles. The van der Waals surface area contributed by atoms with Gasteiger partial charge in [-0.3, -0.25) is 23.7 Å². The number of hydrogen-bond acceptors (Lipinski definition) is 17. The van der Waals surface area contributed by atoms with Crippen LogP contribution >= 0.6 is 0 Å². The molecule has 4 atom stereocenters. The van der Waals surface area contributed by atoms with Crippen LogP contribution in [-0.2, 0) is 57.2 Å². The maximum atomic E-state index is 13.8. The van der Waals surface area contributed by atoms with Gasteiger partial charge in [0.15, 0.2) is 0 Å². The van der Waals surface area contributed by atoms with E-state index in [1.165, 1.54) is 12.3 Å². The first kappa shape index (κ1) is 73.4. The summed E-state index contributed by atoms with van der Waals surface area (Å²) >= 11 is 0. The number of carbonyl (C=O) groups excluding carboxylic acids is 10. The molecular weight excluding hydrogens is 1060 g/mol. The van der Waals surface area contributed by atoms with Crippen LogP contribution in [0.15, 0.2) is 12.3 Å². The molecule has 466 valence electrons. The topological polar surface area (TPSA) is 311 Å². The molecule has 1 heterocycles. The molecule has 1 aromatic rings. The van der Waals surface area contributed by atoms with Crippen LogP contribution in [0.2, 0.25) is 0 Å². The molecule has 0 fully saturated rings. The van der Waals surface area contributed by atoms with Crippen molar-refractivity contribution in [1.82, 2.24) is 41.4 Å². The Bertz CT molecular complexity index is 2360. The summed E-state index contributed by atoms with van der Waals surface area (Å²) in [6, 6.07) is -5.18. The van der Waals surface area contributed by atoms with Crippen molar-refractivity contribution in [3.63, 3.8) is 0 Å². The van der Waals surface area contributed by atoms with Crippen molar-refractivity contribution in [2.24, 2.45) is 0 Å². The minimum Gasteiger partial charge on any atom is -0.460 e. The van der Waals surface area contributed by atoms with Crippen molar-refractivity contribution >= 4 is 65.5 Å². The normalized spacial score (nSPS) is 13.8. The molecule has 6 amide bonds. The highest BCUT2D eigenvalue weighted by Crippen LogP contribution is 2.23. The summed E-state index contributed by atoms with van der Waals surface area (Å²) in [7, 11) is 5.43. The molecule has 0 spiro atoms. The SMILES string of the molecule is CC(C)(C)OC(=O)CC[C@H](NC(=O)N[C@@H](CCCCNC(=O)c1cnc([N+](C)(C)C)c(C(=O)NCCCC[C@H](NC(=O)N[C@@H](CCC(=O)OC(C)(C)C)C(=O)OC(C)(C)C)C(=O)OC(C)(C)C)c1)C(=O)OC(C)(C)C)C(=O)OC(C)(C)C. The average Bonchev–Trinajstić information content (AvgIpc) is 3.26. The van der Waals surface area contributed by atoms with Gasteiger partial charge in [0.25, 0.3) is 11.8 Å². The Kier molecular flexibility index (Phi) is 27.9. The molecule has 1 aromatic heterocycles. The predicted molar refractivity (Wildman–Crippen MR) is 308 cm³/mol. The Morgan fingerprint density at radius 1 is 0.427 bits per heavy atom. The van der Waals surface area contributed by atoms with Gasteiger partial charge in [-0.25, -0.2) is 33.8 Å². The number of unbranched alkanes of at least 4 members (excludes halogenated alkanes) is 2. The Hall–Kier alpha value is -6.59. The van der Waals surface area contributed by atoms with Gasteiger partial charge in [0, 0.05) is 32.1 Å². The number of amides is 6. The van der Waals surface area contributed by atoms with E-state index in [0.717, 1.165) is 0 Å². The first-order valence-electron chi connectivity index (χ1n) is 28.0. The Labute approximate surface area is 486 Å².